The van der Waals surface area contributed by atoms with Crippen molar-refractivity contribution in [2.75, 3.05) is 4.90 Å². The molecule has 1 aromatic carbocycles. The Bertz CT molecular complexity index is 769. The van der Waals surface area contributed by atoms with E-state index in [0.717, 1.165) is 16.6 Å². The molecule has 0 saturated carbocycles. The topological polar surface area (TPSA) is 63.2 Å². The highest BCUT2D eigenvalue weighted by molar-refractivity contribution is 7.00. The fourth-order valence-corrected chi connectivity index (χ4v) is 3.07. The van der Waals surface area contributed by atoms with Gasteiger partial charge in [-0.3, -0.25) is 9.59 Å². The van der Waals surface area contributed by atoms with E-state index < -0.39 is 11.8 Å². The number of halogens is 2. The highest BCUT2D eigenvalue weighted by atomic mass is 35.5. The van der Waals surface area contributed by atoms with Crippen molar-refractivity contribution in [3.63, 3.8) is 0 Å². The lowest BCUT2D eigenvalue weighted by atomic mass is 10.2. The summed E-state index contributed by atoms with van der Waals surface area (Å²) in [5.74, 6) is -0.857. The van der Waals surface area contributed by atoms with Gasteiger partial charge in [0.1, 0.15) is 16.7 Å². The number of rotatable bonds is 1. The molecule has 1 aliphatic heterocycles. The fourth-order valence-electron chi connectivity index (χ4n) is 1.87. The van der Waals surface area contributed by atoms with Gasteiger partial charge in [0.05, 0.1) is 21.8 Å². The molecule has 19 heavy (non-hydrogen) atoms. The number of amides is 2. The number of carbonyl (C=O) groups is 2. The van der Waals surface area contributed by atoms with E-state index in [1.54, 1.807) is 6.92 Å². The van der Waals surface area contributed by atoms with E-state index in [0.29, 0.717) is 21.6 Å². The first-order valence-electron chi connectivity index (χ1n) is 5.17. The van der Waals surface area contributed by atoms with Gasteiger partial charge in [-0.1, -0.05) is 23.2 Å². The van der Waals surface area contributed by atoms with Crippen LogP contribution in [0.25, 0.3) is 11.0 Å². The Morgan fingerprint density at radius 2 is 1.84 bits per heavy atom. The predicted octanol–water partition coefficient (Wildman–Crippen LogP) is 2.82. The van der Waals surface area contributed by atoms with Gasteiger partial charge in [0.25, 0.3) is 11.8 Å². The van der Waals surface area contributed by atoms with E-state index in [9.17, 15) is 9.59 Å². The average Bonchev–Trinajstić information content (AvgIpc) is 2.90. The minimum absolute atomic E-state index is 0.190. The number of aromatic nitrogens is 2. The summed E-state index contributed by atoms with van der Waals surface area (Å²) >= 11 is 13.1. The lowest BCUT2D eigenvalue weighted by Crippen LogP contribution is -2.31. The lowest BCUT2D eigenvalue weighted by Gasteiger charge is -2.16. The van der Waals surface area contributed by atoms with Gasteiger partial charge >= 0.3 is 0 Å². The Balaban J connectivity index is 2.30. The second kappa shape index (κ2) is 4.26. The number of hydrogen-bond donors (Lipinski definition) is 0. The van der Waals surface area contributed by atoms with Crippen molar-refractivity contribution >= 4 is 63.5 Å². The molecule has 8 heteroatoms. The second-order valence-corrected chi connectivity index (χ2v) is 5.30. The van der Waals surface area contributed by atoms with Gasteiger partial charge in [-0.05, 0) is 13.0 Å². The zero-order valence-electron chi connectivity index (χ0n) is 9.48. The molecule has 2 heterocycles. The summed E-state index contributed by atoms with van der Waals surface area (Å²) in [5, 5.41) is 0.524. The van der Waals surface area contributed by atoms with Crippen LogP contribution >= 0.6 is 34.9 Å². The summed E-state index contributed by atoms with van der Waals surface area (Å²) in [6.45, 7) is 1.57. The molecule has 5 nitrogen and oxygen atoms in total. The van der Waals surface area contributed by atoms with Crippen molar-refractivity contribution in [1.82, 2.24) is 8.75 Å². The number of nitrogens with zero attached hydrogens (tertiary/aromatic N) is 3. The Morgan fingerprint density at radius 3 is 2.47 bits per heavy atom. The largest absolute Gasteiger partial charge is 0.269 e. The fraction of sp³-hybridized carbons (Fsp3) is 0.0909. The first-order chi connectivity index (χ1) is 9.00. The van der Waals surface area contributed by atoms with Gasteiger partial charge in [0.15, 0.2) is 0 Å². The smallest absolute Gasteiger partial charge is 0.261 e. The Kier molecular flexibility index (Phi) is 2.81. The molecule has 3 rings (SSSR count). The van der Waals surface area contributed by atoms with Crippen molar-refractivity contribution in [1.29, 1.82) is 0 Å². The molecule has 96 valence electrons. The molecular weight excluding hydrogens is 309 g/mol. The Hall–Kier alpha value is -1.50. The SMILES string of the molecule is CC1=CC(=O)N(c2c(Cl)cc(Cl)c3nsnc23)C1=O. The maximum Gasteiger partial charge on any atom is 0.261 e. The quantitative estimate of drug-likeness (QED) is 0.759. The van der Waals surface area contributed by atoms with E-state index in [2.05, 4.69) is 8.75 Å². The number of fused-ring (bicyclic) bond motifs is 1. The molecule has 0 radical (unpaired) electrons. The molecule has 0 unspecified atom stereocenters. The highest BCUT2D eigenvalue weighted by Gasteiger charge is 2.33. The third-order valence-electron chi connectivity index (χ3n) is 2.74. The summed E-state index contributed by atoms with van der Waals surface area (Å²) in [4.78, 5) is 24.9. The zero-order chi connectivity index (χ0) is 13.7. The van der Waals surface area contributed by atoms with Crippen LogP contribution in [0.3, 0.4) is 0 Å². The van der Waals surface area contributed by atoms with E-state index in [1.165, 1.54) is 12.1 Å². The second-order valence-electron chi connectivity index (χ2n) is 3.96. The molecular formula is C11H5Cl2N3O2S. The van der Waals surface area contributed by atoms with Crippen molar-refractivity contribution in [2.24, 2.45) is 0 Å². The number of anilines is 1. The third kappa shape index (κ3) is 1.75. The van der Waals surface area contributed by atoms with Crippen LogP contribution in [0.1, 0.15) is 6.92 Å². The molecule has 2 amide bonds. The maximum atomic E-state index is 12.0. The molecule has 1 aliphatic rings. The average molecular weight is 314 g/mol. The first-order valence-corrected chi connectivity index (χ1v) is 6.66. The van der Waals surface area contributed by atoms with Crippen LogP contribution in [0.2, 0.25) is 10.0 Å². The van der Waals surface area contributed by atoms with Crippen LogP contribution in [-0.4, -0.2) is 20.6 Å². The summed E-state index contributed by atoms with van der Waals surface area (Å²) in [6.07, 6.45) is 1.26. The lowest BCUT2D eigenvalue weighted by molar-refractivity contribution is -0.120. The summed E-state index contributed by atoms with van der Waals surface area (Å²) in [6, 6.07) is 1.45. The first kappa shape index (κ1) is 12.5. The third-order valence-corrected chi connectivity index (χ3v) is 3.85. The van der Waals surface area contributed by atoms with Gasteiger partial charge in [0, 0.05) is 11.6 Å². The normalized spacial score (nSPS) is 15.5. The van der Waals surface area contributed by atoms with Crippen LogP contribution in [0, 0.1) is 0 Å². The van der Waals surface area contributed by atoms with Crippen molar-refractivity contribution in [3.05, 3.63) is 27.8 Å². The predicted molar refractivity (Wildman–Crippen MR) is 73.7 cm³/mol. The van der Waals surface area contributed by atoms with Crippen LogP contribution in [-0.2, 0) is 9.59 Å². The van der Waals surface area contributed by atoms with Gasteiger partial charge in [-0.15, -0.1) is 0 Å². The molecule has 0 saturated heterocycles. The summed E-state index contributed by atoms with van der Waals surface area (Å²) in [5.41, 5.74) is 1.37. The number of benzene rings is 1. The van der Waals surface area contributed by atoms with E-state index in [4.69, 9.17) is 23.2 Å². The van der Waals surface area contributed by atoms with Crippen molar-refractivity contribution in [3.8, 4) is 0 Å². The van der Waals surface area contributed by atoms with Crippen LogP contribution in [0.15, 0.2) is 17.7 Å². The monoisotopic (exact) mass is 313 g/mol. The molecule has 0 fully saturated rings. The molecule has 1 aromatic heterocycles. The van der Waals surface area contributed by atoms with E-state index >= 15 is 0 Å². The molecule has 0 atom stereocenters. The Morgan fingerprint density at radius 1 is 1.16 bits per heavy atom. The summed E-state index contributed by atoms with van der Waals surface area (Å²) < 4.78 is 8.11. The Labute approximate surface area is 121 Å². The molecule has 2 aromatic rings. The zero-order valence-corrected chi connectivity index (χ0v) is 11.8. The van der Waals surface area contributed by atoms with Crippen LogP contribution < -0.4 is 4.90 Å². The number of imide groups is 1. The van der Waals surface area contributed by atoms with Crippen LogP contribution in [0.5, 0.6) is 0 Å². The minimum atomic E-state index is -0.443. The van der Waals surface area contributed by atoms with Gasteiger partial charge in [-0.2, -0.15) is 8.75 Å². The van der Waals surface area contributed by atoms with Gasteiger partial charge < -0.3 is 0 Å². The van der Waals surface area contributed by atoms with Gasteiger partial charge in [-0.25, -0.2) is 4.90 Å². The molecule has 0 spiro atoms. The highest BCUT2D eigenvalue weighted by Crippen LogP contribution is 2.39. The molecule has 0 N–H and O–H groups in total. The summed E-state index contributed by atoms with van der Waals surface area (Å²) in [7, 11) is 0. The standard InChI is InChI=1S/C11H5Cl2N3O2S/c1-4-2-7(17)16(11(4)18)10-6(13)3-5(12)8-9(10)15-19-14-8/h2-3H,1H3. The van der Waals surface area contributed by atoms with Crippen molar-refractivity contribution < 1.29 is 9.59 Å². The minimum Gasteiger partial charge on any atom is -0.269 e. The molecule has 0 bridgehead atoms. The van der Waals surface area contributed by atoms with E-state index in [1.807, 2.05) is 0 Å². The van der Waals surface area contributed by atoms with Crippen LogP contribution in [0.4, 0.5) is 5.69 Å². The number of carbonyl (C=O) groups excluding carboxylic acids is 2. The maximum absolute atomic E-state index is 12.0. The van der Waals surface area contributed by atoms with Crippen molar-refractivity contribution in [2.45, 2.75) is 6.92 Å². The van der Waals surface area contributed by atoms with E-state index in [-0.39, 0.29) is 10.7 Å². The molecule has 0 aliphatic carbocycles. The number of hydrogen-bond acceptors (Lipinski definition) is 5. The van der Waals surface area contributed by atoms with Gasteiger partial charge in [0.2, 0.25) is 0 Å².